The van der Waals surface area contributed by atoms with Crippen LogP contribution in [-0.2, 0) is 10.8 Å². The Labute approximate surface area is 271 Å². The smallest absolute Gasteiger partial charge is 0.0583 e. The highest BCUT2D eigenvalue weighted by Crippen LogP contribution is 2.65. The first kappa shape index (κ1) is 27.0. The maximum atomic E-state index is 4.79. The molecule has 46 heavy (non-hydrogen) atoms. The van der Waals surface area contributed by atoms with Crippen molar-refractivity contribution in [3.63, 3.8) is 0 Å². The van der Waals surface area contributed by atoms with Gasteiger partial charge in [-0.05, 0) is 75.4 Å². The fourth-order valence-corrected chi connectivity index (χ4v) is 8.25. The summed E-state index contributed by atoms with van der Waals surface area (Å²) >= 11 is 0. The molecular formula is C44H36N2. The van der Waals surface area contributed by atoms with E-state index in [-0.39, 0.29) is 10.8 Å². The minimum atomic E-state index is -0.221. The van der Waals surface area contributed by atoms with E-state index >= 15 is 0 Å². The third-order valence-corrected chi connectivity index (χ3v) is 10.7. The van der Waals surface area contributed by atoms with Crippen LogP contribution in [0.1, 0.15) is 61.1 Å². The van der Waals surface area contributed by atoms with Gasteiger partial charge < -0.3 is 9.80 Å². The molecule has 6 aromatic rings. The number of anilines is 6. The van der Waals surface area contributed by atoms with E-state index in [1.807, 2.05) is 0 Å². The molecule has 0 spiro atoms. The Balaban J connectivity index is 1.30. The minimum absolute atomic E-state index is 0.117. The van der Waals surface area contributed by atoms with Crippen LogP contribution in [0.25, 0.3) is 16.7 Å². The predicted octanol–water partition coefficient (Wildman–Crippen LogP) is 11.9. The summed E-state index contributed by atoms with van der Waals surface area (Å²) < 4.78 is 0. The SMILES string of the molecule is C=C1c2cccc3c2N2c4c1cc(N(c1ccccc1)c1ccc(-c5ccccc5)cc1)cc4C(C)(C)c1cccc(c12)C3(C)C. The summed E-state index contributed by atoms with van der Waals surface area (Å²) in [5.74, 6) is 0. The second-order valence-electron chi connectivity index (χ2n) is 13.9. The van der Waals surface area contributed by atoms with Gasteiger partial charge in [0.05, 0.1) is 17.1 Å². The molecule has 0 fully saturated rings. The molecule has 0 saturated carbocycles. The molecule has 2 nitrogen and oxygen atoms in total. The number of rotatable bonds is 4. The minimum Gasteiger partial charge on any atom is -0.310 e. The van der Waals surface area contributed by atoms with Crippen LogP contribution < -0.4 is 9.80 Å². The van der Waals surface area contributed by atoms with E-state index < -0.39 is 0 Å². The zero-order valence-corrected chi connectivity index (χ0v) is 26.8. The van der Waals surface area contributed by atoms with Crippen LogP contribution in [0.4, 0.5) is 34.1 Å². The number of hydrogen-bond donors (Lipinski definition) is 0. The van der Waals surface area contributed by atoms with Crippen LogP contribution in [0, 0.1) is 0 Å². The van der Waals surface area contributed by atoms with E-state index in [9.17, 15) is 0 Å². The van der Waals surface area contributed by atoms with Crippen LogP contribution in [0.5, 0.6) is 0 Å². The maximum Gasteiger partial charge on any atom is 0.0583 e. The van der Waals surface area contributed by atoms with Gasteiger partial charge in [0.2, 0.25) is 0 Å². The van der Waals surface area contributed by atoms with Gasteiger partial charge in [-0.25, -0.2) is 0 Å². The highest BCUT2D eigenvalue weighted by molar-refractivity contribution is 6.08. The topological polar surface area (TPSA) is 6.48 Å². The molecule has 0 radical (unpaired) electrons. The van der Waals surface area contributed by atoms with Gasteiger partial charge in [0.15, 0.2) is 0 Å². The largest absolute Gasteiger partial charge is 0.310 e. The lowest BCUT2D eigenvalue weighted by molar-refractivity contribution is 0.596. The molecule has 3 aliphatic heterocycles. The number of hydrogen-bond acceptors (Lipinski definition) is 2. The number of para-hydroxylation sites is 3. The monoisotopic (exact) mass is 592 g/mol. The Hall–Kier alpha value is -5.34. The zero-order chi connectivity index (χ0) is 31.4. The van der Waals surface area contributed by atoms with Crippen molar-refractivity contribution in [3.8, 4) is 11.1 Å². The first-order chi connectivity index (χ1) is 22.3. The highest BCUT2D eigenvalue weighted by Gasteiger charge is 2.49. The lowest BCUT2D eigenvalue weighted by Crippen LogP contribution is -2.40. The van der Waals surface area contributed by atoms with Crippen molar-refractivity contribution in [2.24, 2.45) is 0 Å². The summed E-state index contributed by atoms with van der Waals surface area (Å²) in [4.78, 5) is 4.97. The van der Waals surface area contributed by atoms with Crippen molar-refractivity contribution in [1.82, 2.24) is 0 Å². The Morgan fingerprint density at radius 2 is 0.978 bits per heavy atom. The fraction of sp³-hybridized carbons (Fsp3) is 0.136. The van der Waals surface area contributed by atoms with Crippen molar-refractivity contribution < 1.29 is 0 Å². The molecule has 3 heterocycles. The lowest BCUT2D eigenvalue weighted by atomic mass is 9.64. The van der Waals surface area contributed by atoms with Gasteiger partial charge >= 0.3 is 0 Å². The standard InChI is InChI=1S/C44H36N2/c1-28-34-18-12-19-36-40(34)46-41-35(28)26-33(27-39(41)44(4,5)38-21-13-20-37(42(38)46)43(36,2)3)45(31-16-10-7-11-17-31)32-24-22-30(23-25-32)29-14-8-6-9-15-29/h6-27H,1H2,2-5H3. The van der Waals surface area contributed by atoms with Crippen LogP contribution in [0.15, 0.2) is 140 Å². The Morgan fingerprint density at radius 1 is 0.457 bits per heavy atom. The molecule has 6 aromatic carbocycles. The summed E-state index contributed by atoms with van der Waals surface area (Å²) in [6, 6.07) is 48.8. The van der Waals surface area contributed by atoms with Crippen molar-refractivity contribution in [3.05, 3.63) is 173 Å². The molecule has 0 amide bonds. The van der Waals surface area contributed by atoms with Crippen LogP contribution in [0.2, 0.25) is 0 Å². The average Bonchev–Trinajstić information content (AvgIpc) is 3.08. The second kappa shape index (κ2) is 9.34. The molecule has 0 unspecified atom stereocenters. The molecule has 3 aliphatic rings. The first-order valence-electron chi connectivity index (χ1n) is 16.2. The highest BCUT2D eigenvalue weighted by atomic mass is 15.2. The Morgan fingerprint density at radius 3 is 1.65 bits per heavy atom. The van der Waals surface area contributed by atoms with Crippen molar-refractivity contribution in [2.75, 3.05) is 9.80 Å². The summed E-state index contributed by atoms with van der Waals surface area (Å²) in [5, 5.41) is 0. The van der Waals surface area contributed by atoms with Gasteiger partial charge in [0.1, 0.15) is 0 Å². The Kier molecular flexibility index (Phi) is 5.48. The Bertz CT molecular complexity index is 2210. The maximum absolute atomic E-state index is 4.79. The molecule has 0 aromatic heterocycles. The van der Waals surface area contributed by atoms with Crippen LogP contribution in [-0.4, -0.2) is 0 Å². The van der Waals surface area contributed by atoms with E-state index in [4.69, 9.17) is 6.58 Å². The van der Waals surface area contributed by atoms with Crippen molar-refractivity contribution in [1.29, 1.82) is 0 Å². The normalized spacial score (nSPS) is 15.7. The molecule has 9 rings (SSSR count). The summed E-state index contributed by atoms with van der Waals surface area (Å²) in [6.07, 6.45) is 0. The number of nitrogens with zero attached hydrogens (tertiary/aromatic N) is 2. The molecule has 0 bridgehead atoms. The zero-order valence-electron chi connectivity index (χ0n) is 26.8. The molecular weight excluding hydrogens is 556 g/mol. The number of benzene rings is 6. The van der Waals surface area contributed by atoms with Gasteiger partial charge in [0, 0.05) is 39.0 Å². The third-order valence-electron chi connectivity index (χ3n) is 10.7. The second-order valence-corrected chi connectivity index (χ2v) is 13.9. The van der Waals surface area contributed by atoms with Gasteiger partial charge in [0.25, 0.3) is 0 Å². The first-order valence-corrected chi connectivity index (χ1v) is 16.2. The van der Waals surface area contributed by atoms with Crippen molar-refractivity contribution >= 4 is 39.7 Å². The van der Waals surface area contributed by atoms with E-state index in [1.165, 1.54) is 61.6 Å². The molecule has 0 saturated heterocycles. The van der Waals surface area contributed by atoms with Crippen LogP contribution >= 0.6 is 0 Å². The third kappa shape index (κ3) is 3.53. The fourth-order valence-electron chi connectivity index (χ4n) is 8.25. The van der Waals surface area contributed by atoms with E-state index in [1.54, 1.807) is 0 Å². The van der Waals surface area contributed by atoms with Gasteiger partial charge in [-0.1, -0.05) is 131 Å². The molecule has 222 valence electrons. The molecule has 0 atom stereocenters. The molecule has 0 aliphatic carbocycles. The average molecular weight is 593 g/mol. The summed E-state index contributed by atoms with van der Waals surface area (Å²) in [5.41, 5.74) is 18.4. The quantitative estimate of drug-likeness (QED) is 0.201. The molecule has 2 heteroatoms. The van der Waals surface area contributed by atoms with E-state index in [2.05, 4.69) is 171 Å². The summed E-state index contributed by atoms with van der Waals surface area (Å²) in [7, 11) is 0. The van der Waals surface area contributed by atoms with Crippen molar-refractivity contribution in [2.45, 2.75) is 38.5 Å². The molecule has 0 N–H and O–H groups in total. The van der Waals surface area contributed by atoms with E-state index in [0.717, 1.165) is 22.6 Å². The van der Waals surface area contributed by atoms with E-state index in [0.29, 0.717) is 0 Å². The van der Waals surface area contributed by atoms with Crippen LogP contribution in [0.3, 0.4) is 0 Å². The van der Waals surface area contributed by atoms with Gasteiger partial charge in [-0.3, -0.25) is 0 Å². The van der Waals surface area contributed by atoms with Gasteiger partial charge in [-0.2, -0.15) is 0 Å². The predicted molar refractivity (Wildman–Crippen MR) is 194 cm³/mol. The lowest BCUT2D eigenvalue weighted by Gasteiger charge is -2.52. The summed E-state index contributed by atoms with van der Waals surface area (Å²) in [6.45, 7) is 14.3. The van der Waals surface area contributed by atoms with Gasteiger partial charge in [-0.15, -0.1) is 0 Å².